The highest BCUT2D eigenvalue weighted by Gasteiger charge is 2.18. The first-order chi connectivity index (χ1) is 19.4. The number of fused-ring (bicyclic) bond motifs is 3. The lowest BCUT2D eigenvalue weighted by Gasteiger charge is -2.22. The van der Waals surface area contributed by atoms with Crippen molar-refractivity contribution in [3.05, 3.63) is 133 Å². The van der Waals surface area contributed by atoms with Gasteiger partial charge in [-0.25, -0.2) is 0 Å². The van der Waals surface area contributed by atoms with Crippen LogP contribution in [0.4, 0.5) is 0 Å². The van der Waals surface area contributed by atoms with Crippen LogP contribution in [-0.4, -0.2) is 0 Å². The van der Waals surface area contributed by atoms with E-state index in [1.54, 1.807) is 0 Å². The molecular weight excluding hydrogens is 480 g/mol. The Kier molecular flexibility index (Phi) is 4.88. The van der Waals surface area contributed by atoms with Gasteiger partial charge in [-0.1, -0.05) is 136 Å². The van der Waals surface area contributed by atoms with Gasteiger partial charge in [-0.2, -0.15) is 0 Å². The third-order valence-electron chi connectivity index (χ3n) is 8.72. The first-order valence-corrected chi connectivity index (χ1v) is 14.2. The predicted molar refractivity (Wildman–Crippen MR) is 175 cm³/mol. The Morgan fingerprint density at radius 1 is 0.375 bits per heavy atom. The first-order valence-electron chi connectivity index (χ1n) is 14.2. The molecule has 0 aliphatic carbocycles. The minimum atomic E-state index is 0.115. The van der Waals surface area contributed by atoms with E-state index in [2.05, 4.69) is 148 Å². The van der Waals surface area contributed by atoms with E-state index in [4.69, 9.17) is 0 Å². The van der Waals surface area contributed by atoms with Crippen LogP contribution in [0, 0.1) is 0 Å². The summed E-state index contributed by atoms with van der Waals surface area (Å²) in [6, 6.07) is 47.6. The van der Waals surface area contributed by atoms with Gasteiger partial charge in [0.2, 0.25) is 0 Å². The van der Waals surface area contributed by atoms with E-state index in [9.17, 15) is 0 Å². The van der Waals surface area contributed by atoms with Crippen molar-refractivity contribution < 1.29 is 0 Å². The fourth-order valence-electron chi connectivity index (χ4n) is 6.53. The van der Waals surface area contributed by atoms with Gasteiger partial charge in [0.1, 0.15) is 0 Å². The Morgan fingerprint density at radius 2 is 0.925 bits per heavy atom. The highest BCUT2D eigenvalue weighted by atomic mass is 14.2. The molecule has 0 N–H and O–H groups in total. The van der Waals surface area contributed by atoms with Crippen LogP contribution >= 0.6 is 0 Å². The molecule has 0 saturated carbocycles. The Bertz CT molecular complexity index is 2210. The number of benzene rings is 8. The topological polar surface area (TPSA) is 0 Å². The van der Waals surface area contributed by atoms with Gasteiger partial charge in [-0.3, -0.25) is 0 Å². The minimum absolute atomic E-state index is 0.115. The predicted octanol–water partition coefficient (Wildman–Crippen LogP) is 11.5. The first kappa shape index (κ1) is 23.2. The number of hydrogen-bond donors (Lipinski definition) is 0. The van der Waals surface area contributed by atoms with Crippen LogP contribution < -0.4 is 0 Å². The zero-order valence-corrected chi connectivity index (χ0v) is 23.1. The van der Waals surface area contributed by atoms with Gasteiger partial charge in [-0.05, 0) is 99.2 Å². The van der Waals surface area contributed by atoms with Crippen LogP contribution in [0.25, 0.3) is 76.1 Å². The summed E-state index contributed by atoms with van der Waals surface area (Å²) in [6.45, 7) is 6.89. The van der Waals surface area contributed by atoms with Crippen molar-refractivity contribution in [1.29, 1.82) is 0 Å². The molecule has 8 rings (SSSR count). The maximum Gasteiger partial charge on any atom is -0.00206 e. The molecule has 0 nitrogen and oxygen atoms in total. The zero-order chi connectivity index (χ0) is 27.0. The quantitative estimate of drug-likeness (QED) is 0.203. The van der Waals surface area contributed by atoms with E-state index in [1.807, 2.05) is 0 Å². The molecule has 0 heteroatoms. The molecule has 8 aromatic rings. The molecule has 0 spiro atoms. The zero-order valence-electron chi connectivity index (χ0n) is 23.1. The second-order valence-corrected chi connectivity index (χ2v) is 12.2. The number of rotatable bonds is 2. The Labute approximate surface area is 234 Å². The van der Waals surface area contributed by atoms with E-state index in [0.717, 1.165) is 0 Å². The van der Waals surface area contributed by atoms with Gasteiger partial charge in [0.15, 0.2) is 0 Å². The third kappa shape index (κ3) is 3.53. The molecule has 190 valence electrons. The van der Waals surface area contributed by atoms with Gasteiger partial charge >= 0.3 is 0 Å². The Morgan fingerprint density at radius 3 is 1.62 bits per heavy atom. The summed E-state index contributed by atoms with van der Waals surface area (Å²) in [5, 5.41) is 13.2. The van der Waals surface area contributed by atoms with Gasteiger partial charge < -0.3 is 0 Å². The van der Waals surface area contributed by atoms with Crippen LogP contribution in [-0.2, 0) is 5.41 Å². The molecule has 0 fully saturated rings. The van der Waals surface area contributed by atoms with Crippen LogP contribution in [0.3, 0.4) is 0 Å². The van der Waals surface area contributed by atoms with E-state index >= 15 is 0 Å². The smallest absolute Gasteiger partial charge is 0.00206 e. The molecule has 0 bridgehead atoms. The molecular formula is C40H30. The average molecular weight is 511 g/mol. The molecule has 8 aromatic carbocycles. The highest BCUT2D eigenvalue weighted by molar-refractivity contribution is 6.26. The fraction of sp³-hybridized carbons (Fsp3) is 0.100. The summed E-state index contributed by atoms with van der Waals surface area (Å²) in [7, 11) is 0. The van der Waals surface area contributed by atoms with Gasteiger partial charge in [-0.15, -0.1) is 0 Å². The fourth-order valence-corrected chi connectivity index (χ4v) is 6.53. The molecule has 0 unspecified atom stereocenters. The monoisotopic (exact) mass is 510 g/mol. The minimum Gasteiger partial charge on any atom is -0.0622 e. The van der Waals surface area contributed by atoms with Gasteiger partial charge in [0.25, 0.3) is 0 Å². The van der Waals surface area contributed by atoms with E-state index < -0.39 is 0 Å². The van der Waals surface area contributed by atoms with Gasteiger partial charge in [0, 0.05) is 0 Å². The molecule has 0 aliphatic rings. The van der Waals surface area contributed by atoms with Crippen molar-refractivity contribution in [2.45, 2.75) is 26.2 Å². The molecule has 0 amide bonds. The molecule has 0 heterocycles. The van der Waals surface area contributed by atoms with Crippen LogP contribution in [0.2, 0.25) is 0 Å². The summed E-state index contributed by atoms with van der Waals surface area (Å²) in [4.78, 5) is 0. The highest BCUT2D eigenvalue weighted by Crippen LogP contribution is 2.42. The van der Waals surface area contributed by atoms with Crippen LogP contribution in [0.15, 0.2) is 127 Å². The maximum atomic E-state index is 2.40. The third-order valence-corrected chi connectivity index (χ3v) is 8.72. The SMILES string of the molecule is CC(C)(C)c1cc2ccc3ccc(-c4ccc5ccc6ccc(-c7ccccc7)cc6c5c4)c4ccc(c1)c2c34. The molecule has 40 heavy (non-hydrogen) atoms. The molecule has 0 aromatic heterocycles. The Balaban J connectivity index is 1.37. The molecule has 0 saturated heterocycles. The summed E-state index contributed by atoms with van der Waals surface area (Å²) in [6.07, 6.45) is 0. The summed E-state index contributed by atoms with van der Waals surface area (Å²) in [5.74, 6) is 0. The maximum absolute atomic E-state index is 2.40. The van der Waals surface area contributed by atoms with Crippen LogP contribution in [0.1, 0.15) is 26.3 Å². The van der Waals surface area contributed by atoms with E-state index in [1.165, 1.54) is 81.7 Å². The van der Waals surface area contributed by atoms with E-state index in [0.29, 0.717) is 0 Å². The standard InChI is InChI=1S/C40H30/c1-40(2,3)33-21-31-16-13-28-17-19-34(35-20-18-32(22-33)38(31)39(28)35)30-15-12-27-10-9-26-11-14-29(23-36(26)37(27)24-30)25-7-5-4-6-8-25/h4-24H,1-3H3. The molecule has 0 radical (unpaired) electrons. The average Bonchev–Trinajstić information content (AvgIpc) is 2.99. The normalized spacial score (nSPS) is 12.4. The lowest BCUT2D eigenvalue weighted by atomic mass is 9.82. The van der Waals surface area contributed by atoms with Crippen molar-refractivity contribution in [1.82, 2.24) is 0 Å². The van der Waals surface area contributed by atoms with Crippen LogP contribution in [0.5, 0.6) is 0 Å². The van der Waals surface area contributed by atoms with Crippen molar-refractivity contribution in [2.24, 2.45) is 0 Å². The largest absolute Gasteiger partial charge is 0.0622 e. The summed E-state index contributed by atoms with van der Waals surface area (Å²) >= 11 is 0. The van der Waals surface area contributed by atoms with Crippen molar-refractivity contribution in [2.75, 3.05) is 0 Å². The van der Waals surface area contributed by atoms with Crippen molar-refractivity contribution in [3.63, 3.8) is 0 Å². The second-order valence-electron chi connectivity index (χ2n) is 12.2. The van der Waals surface area contributed by atoms with Gasteiger partial charge in [0.05, 0.1) is 0 Å². The van der Waals surface area contributed by atoms with Crippen molar-refractivity contribution in [3.8, 4) is 22.3 Å². The number of hydrogen-bond acceptors (Lipinski definition) is 0. The van der Waals surface area contributed by atoms with Crippen molar-refractivity contribution >= 4 is 53.9 Å². The lowest BCUT2D eigenvalue weighted by molar-refractivity contribution is 0.591. The lowest BCUT2D eigenvalue weighted by Crippen LogP contribution is -2.10. The Hall–Kier alpha value is -4.68. The molecule has 0 aliphatic heterocycles. The summed E-state index contributed by atoms with van der Waals surface area (Å²) in [5.41, 5.74) is 6.56. The summed E-state index contributed by atoms with van der Waals surface area (Å²) < 4.78 is 0. The van der Waals surface area contributed by atoms with E-state index in [-0.39, 0.29) is 5.41 Å². The second kappa shape index (κ2) is 8.41. The molecule has 0 atom stereocenters.